The minimum atomic E-state index is 0.148. The minimum absolute atomic E-state index is 0.148. The third kappa shape index (κ3) is 3.87. The van der Waals surface area contributed by atoms with Crippen LogP contribution in [0.15, 0.2) is 0 Å². The average Bonchev–Trinajstić information content (AvgIpc) is 2.80. The van der Waals surface area contributed by atoms with Crippen molar-refractivity contribution in [2.45, 2.75) is 78.7 Å². The molecule has 0 aliphatic heterocycles. The molecule has 1 aliphatic carbocycles. The lowest BCUT2D eigenvalue weighted by molar-refractivity contribution is 0.164. The summed E-state index contributed by atoms with van der Waals surface area (Å²) < 4.78 is 0. The van der Waals surface area contributed by atoms with Crippen LogP contribution in [0.3, 0.4) is 0 Å². The van der Waals surface area contributed by atoms with E-state index in [1.807, 2.05) is 11.3 Å². The first-order valence-electron chi connectivity index (χ1n) is 8.72. The van der Waals surface area contributed by atoms with E-state index in [1.165, 1.54) is 47.7 Å². The van der Waals surface area contributed by atoms with Gasteiger partial charge < -0.3 is 5.32 Å². The third-order valence-electron chi connectivity index (χ3n) is 4.81. The molecule has 21 heavy (non-hydrogen) atoms. The molecular formula is C18H32N2S. The Morgan fingerprint density at radius 3 is 2.71 bits per heavy atom. The summed E-state index contributed by atoms with van der Waals surface area (Å²) in [5.74, 6) is 1.66. The van der Waals surface area contributed by atoms with Crippen LogP contribution in [0, 0.1) is 18.8 Å². The van der Waals surface area contributed by atoms with Gasteiger partial charge in [0, 0.05) is 4.88 Å². The van der Waals surface area contributed by atoms with Crippen LogP contribution in [0.5, 0.6) is 0 Å². The Kier molecular flexibility index (Phi) is 5.84. The maximum Gasteiger partial charge on any atom is 0.113 e. The minimum Gasteiger partial charge on any atom is -0.306 e. The van der Waals surface area contributed by atoms with Crippen molar-refractivity contribution >= 4 is 11.3 Å². The molecule has 2 nitrogen and oxygen atoms in total. The summed E-state index contributed by atoms with van der Waals surface area (Å²) in [7, 11) is 0. The molecular weight excluding hydrogens is 276 g/mol. The molecule has 1 aliphatic rings. The number of nitrogens with zero attached hydrogens (tertiary/aromatic N) is 1. The lowest BCUT2D eigenvalue weighted by Gasteiger charge is -2.41. The summed E-state index contributed by atoms with van der Waals surface area (Å²) >= 11 is 1.93. The Bertz CT molecular complexity index is 448. The van der Waals surface area contributed by atoms with E-state index in [0.717, 1.165) is 24.8 Å². The van der Waals surface area contributed by atoms with Crippen LogP contribution in [-0.2, 0) is 12.0 Å². The largest absolute Gasteiger partial charge is 0.306 e. The molecule has 1 aromatic rings. The smallest absolute Gasteiger partial charge is 0.113 e. The highest BCUT2D eigenvalue weighted by Crippen LogP contribution is 2.43. The Morgan fingerprint density at radius 2 is 2.14 bits per heavy atom. The van der Waals surface area contributed by atoms with Crippen molar-refractivity contribution in [3.05, 3.63) is 15.6 Å². The zero-order valence-electron chi connectivity index (χ0n) is 14.5. The number of hydrogen-bond acceptors (Lipinski definition) is 3. The molecule has 0 bridgehead atoms. The van der Waals surface area contributed by atoms with Crippen LogP contribution >= 0.6 is 11.3 Å². The van der Waals surface area contributed by atoms with E-state index in [0.29, 0.717) is 0 Å². The normalized spacial score (nSPS) is 26.5. The summed E-state index contributed by atoms with van der Waals surface area (Å²) in [5, 5.41) is 5.18. The molecule has 3 heteroatoms. The standard InChI is InChI=1S/C18H32N2S/c1-6-16-14(5)21-17(20-16)18(19-7-2)10-8-9-15(12-18)11-13(3)4/h13,15,19H,6-12H2,1-5H3. The van der Waals surface area contributed by atoms with Gasteiger partial charge in [-0.2, -0.15) is 0 Å². The van der Waals surface area contributed by atoms with Crippen molar-refractivity contribution in [2.75, 3.05) is 6.54 Å². The topological polar surface area (TPSA) is 24.9 Å². The predicted octanol–water partition coefficient (Wildman–Crippen LogP) is 5.06. The van der Waals surface area contributed by atoms with E-state index in [4.69, 9.17) is 4.98 Å². The zero-order valence-corrected chi connectivity index (χ0v) is 15.3. The maximum absolute atomic E-state index is 5.01. The second kappa shape index (κ2) is 7.23. The van der Waals surface area contributed by atoms with E-state index < -0.39 is 0 Å². The Balaban J connectivity index is 2.26. The van der Waals surface area contributed by atoms with Crippen molar-refractivity contribution in [3.8, 4) is 0 Å². The molecule has 1 heterocycles. The van der Waals surface area contributed by atoms with E-state index in [-0.39, 0.29) is 5.54 Å². The van der Waals surface area contributed by atoms with Crippen molar-refractivity contribution in [2.24, 2.45) is 11.8 Å². The molecule has 1 fully saturated rings. The number of rotatable bonds is 6. The highest BCUT2D eigenvalue weighted by Gasteiger charge is 2.39. The van der Waals surface area contributed by atoms with Gasteiger partial charge in [0.05, 0.1) is 11.2 Å². The molecule has 0 radical (unpaired) electrons. The molecule has 0 spiro atoms. The van der Waals surface area contributed by atoms with Crippen molar-refractivity contribution in [1.82, 2.24) is 10.3 Å². The van der Waals surface area contributed by atoms with Crippen LogP contribution < -0.4 is 5.32 Å². The van der Waals surface area contributed by atoms with E-state index in [2.05, 4.69) is 39.9 Å². The highest BCUT2D eigenvalue weighted by molar-refractivity contribution is 7.11. The van der Waals surface area contributed by atoms with Gasteiger partial charge in [-0.05, 0) is 51.0 Å². The molecule has 2 atom stereocenters. The van der Waals surface area contributed by atoms with Crippen molar-refractivity contribution < 1.29 is 0 Å². The summed E-state index contributed by atoms with van der Waals surface area (Å²) in [6.45, 7) is 12.4. The fraction of sp³-hybridized carbons (Fsp3) is 0.833. The second-order valence-corrected chi connectivity index (χ2v) is 8.28. The first kappa shape index (κ1) is 17.0. The van der Waals surface area contributed by atoms with E-state index >= 15 is 0 Å². The Hall–Kier alpha value is -0.410. The molecule has 1 N–H and O–H groups in total. The van der Waals surface area contributed by atoms with E-state index in [1.54, 1.807) is 0 Å². The number of hydrogen-bond donors (Lipinski definition) is 1. The molecule has 120 valence electrons. The van der Waals surface area contributed by atoms with Crippen molar-refractivity contribution in [3.63, 3.8) is 0 Å². The van der Waals surface area contributed by atoms with Crippen LogP contribution in [0.1, 0.15) is 75.4 Å². The first-order chi connectivity index (χ1) is 10.0. The quantitative estimate of drug-likeness (QED) is 0.795. The van der Waals surface area contributed by atoms with Gasteiger partial charge in [0.2, 0.25) is 0 Å². The molecule has 1 aromatic heterocycles. The third-order valence-corrected chi connectivity index (χ3v) is 6.03. The van der Waals surface area contributed by atoms with Gasteiger partial charge in [0.1, 0.15) is 5.01 Å². The summed E-state index contributed by atoms with van der Waals surface area (Å²) in [6.07, 6.45) is 7.68. The van der Waals surface area contributed by atoms with E-state index in [9.17, 15) is 0 Å². The predicted molar refractivity (Wildman–Crippen MR) is 93.0 cm³/mol. The fourth-order valence-electron chi connectivity index (χ4n) is 3.99. The van der Waals surface area contributed by atoms with Gasteiger partial charge in [0.15, 0.2) is 0 Å². The molecule has 1 saturated carbocycles. The van der Waals surface area contributed by atoms with Crippen LogP contribution in [0.4, 0.5) is 0 Å². The molecule has 2 rings (SSSR count). The molecule has 2 unspecified atom stereocenters. The lowest BCUT2D eigenvalue weighted by Crippen LogP contribution is -2.46. The average molecular weight is 309 g/mol. The molecule has 0 saturated heterocycles. The van der Waals surface area contributed by atoms with Crippen molar-refractivity contribution in [1.29, 1.82) is 0 Å². The van der Waals surface area contributed by atoms with Gasteiger partial charge in [0.25, 0.3) is 0 Å². The first-order valence-corrected chi connectivity index (χ1v) is 9.54. The lowest BCUT2D eigenvalue weighted by atomic mass is 9.73. The second-order valence-electron chi connectivity index (χ2n) is 7.08. The zero-order chi connectivity index (χ0) is 15.5. The SMILES string of the molecule is CCNC1(c2nc(CC)c(C)s2)CCCC(CC(C)C)C1. The number of aryl methyl sites for hydroxylation is 2. The Labute approximate surface area is 134 Å². The monoisotopic (exact) mass is 308 g/mol. The summed E-state index contributed by atoms with van der Waals surface area (Å²) in [6, 6.07) is 0. The van der Waals surface area contributed by atoms with Gasteiger partial charge >= 0.3 is 0 Å². The Morgan fingerprint density at radius 1 is 1.38 bits per heavy atom. The number of aromatic nitrogens is 1. The number of thiazole rings is 1. The molecule has 0 aromatic carbocycles. The van der Waals surface area contributed by atoms with Crippen LogP contribution in [0.2, 0.25) is 0 Å². The van der Waals surface area contributed by atoms with Gasteiger partial charge in [-0.1, -0.05) is 40.5 Å². The van der Waals surface area contributed by atoms with Crippen LogP contribution in [-0.4, -0.2) is 11.5 Å². The fourth-order valence-corrected chi connectivity index (χ4v) is 5.19. The summed E-state index contributed by atoms with van der Waals surface area (Å²) in [4.78, 5) is 6.43. The van der Waals surface area contributed by atoms with Gasteiger partial charge in [-0.15, -0.1) is 11.3 Å². The number of nitrogens with one attached hydrogen (secondary N) is 1. The van der Waals surface area contributed by atoms with Gasteiger partial charge in [-0.25, -0.2) is 4.98 Å². The van der Waals surface area contributed by atoms with Gasteiger partial charge in [-0.3, -0.25) is 0 Å². The van der Waals surface area contributed by atoms with Crippen LogP contribution in [0.25, 0.3) is 0 Å². The highest BCUT2D eigenvalue weighted by atomic mass is 32.1. The molecule has 0 amide bonds. The summed E-state index contributed by atoms with van der Waals surface area (Å²) in [5.41, 5.74) is 1.45. The maximum atomic E-state index is 5.01.